The molecule has 1 saturated heterocycles. The van der Waals surface area contributed by atoms with E-state index >= 15 is 0 Å². The van der Waals surface area contributed by atoms with Crippen molar-refractivity contribution in [2.24, 2.45) is 5.92 Å². The molecule has 0 aromatic heterocycles. The molecule has 1 aromatic rings. The maximum Gasteiger partial charge on any atom is 0.132 e. The molecule has 4 rings (SSSR count). The molecule has 2 fully saturated rings. The number of hydrogen-bond donors (Lipinski definition) is 0. The zero-order valence-corrected chi connectivity index (χ0v) is 16.7. The SMILES string of the molecule is N#CC(C#N)=C1C=C2CC(c3ccc(N4CCCCCC4)cc3)CCC2CC1. The van der Waals surface area contributed by atoms with Crippen LogP contribution in [-0.2, 0) is 0 Å². The van der Waals surface area contributed by atoms with Gasteiger partial charge >= 0.3 is 0 Å². The van der Waals surface area contributed by atoms with E-state index in [4.69, 9.17) is 0 Å². The zero-order chi connectivity index (χ0) is 19.3. The summed E-state index contributed by atoms with van der Waals surface area (Å²) in [6.45, 7) is 2.37. The molecule has 3 aliphatic rings. The van der Waals surface area contributed by atoms with Gasteiger partial charge in [-0.3, -0.25) is 0 Å². The van der Waals surface area contributed by atoms with Gasteiger partial charge in [0.15, 0.2) is 0 Å². The van der Waals surface area contributed by atoms with E-state index in [0.29, 0.717) is 17.4 Å². The van der Waals surface area contributed by atoms with Crippen molar-refractivity contribution < 1.29 is 0 Å². The van der Waals surface area contributed by atoms with Gasteiger partial charge in [-0.05, 0) is 80.1 Å². The van der Waals surface area contributed by atoms with Crippen molar-refractivity contribution in [3.05, 3.63) is 52.6 Å². The number of anilines is 1. The van der Waals surface area contributed by atoms with Crippen LogP contribution in [0.4, 0.5) is 5.69 Å². The minimum Gasteiger partial charge on any atom is -0.372 e. The highest BCUT2D eigenvalue weighted by Gasteiger charge is 2.29. The molecule has 0 spiro atoms. The first-order valence-corrected chi connectivity index (χ1v) is 10.9. The van der Waals surface area contributed by atoms with E-state index < -0.39 is 0 Å². The summed E-state index contributed by atoms with van der Waals surface area (Å²) in [6.07, 6.45) is 13.0. The highest BCUT2D eigenvalue weighted by molar-refractivity contribution is 5.50. The summed E-state index contributed by atoms with van der Waals surface area (Å²) < 4.78 is 0. The number of allylic oxidation sites excluding steroid dienone is 4. The van der Waals surface area contributed by atoms with Crippen molar-refractivity contribution in [2.75, 3.05) is 18.0 Å². The highest BCUT2D eigenvalue weighted by atomic mass is 15.1. The summed E-state index contributed by atoms with van der Waals surface area (Å²) in [5, 5.41) is 18.4. The van der Waals surface area contributed by atoms with Crippen molar-refractivity contribution in [2.45, 2.75) is 63.7 Å². The molecule has 0 bridgehead atoms. The van der Waals surface area contributed by atoms with Crippen LogP contribution in [0.3, 0.4) is 0 Å². The minimum absolute atomic E-state index is 0.301. The fourth-order valence-corrected chi connectivity index (χ4v) is 5.21. The van der Waals surface area contributed by atoms with E-state index in [0.717, 1.165) is 24.8 Å². The van der Waals surface area contributed by atoms with Gasteiger partial charge < -0.3 is 4.90 Å². The minimum atomic E-state index is 0.301. The van der Waals surface area contributed by atoms with Crippen molar-refractivity contribution >= 4 is 5.69 Å². The molecule has 2 unspecified atom stereocenters. The van der Waals surface area contributed by atoms with Crippen LogP contribution in [0.2, 0.25) is 0 Å². The number of nitrogens with zero attached hydrogens (tertiary/aromatic N) is 3. The lowest BCUT2D eigenvalue weighted by Gasteiger charge is -2.35. The fraction of sp³-hybridized carbons (Fsp3) is 0.520. The van der Waals surface area contributed by atoms with Crippen molar-refractivity contribution in [1.29, 1.82) is 10.5 Å². The third-order valence-electron chi connectivity index (χ3n) is 6.87. The van der Waals surface area contributed by atoms with Crippen LogP contribution in [0.5, 0.6) is 0 Å². The summed E-state index contributed by atoms with van der Waals surface area (Å²) in [7, 11) is 0. The monoisotopic (exact) mass is 371 g/mol. The topological polar surface area (TPSA) is 50.8 Å². The molecule has 2 aliphatic carbocycles. The fourth-order valence-electron chi connectivity index (χ4n) is 5.21. The molecule has 3 heteroatoms. The zero-order valence-electron chi connectivity index (χ0n) is 16.7. The first-order valence-electron chi connectivity index (χ1n) is 10.9. The van der Waals surface area contributed by atoms with E-state index in [1.54, 1.807) is 0 Å². The number of nitriles is 2. The molecular weight excluding hydrogens is 342 g/mol. The average molecular weight is 372 g/mol. The van der Waals surface area contributed by atoms with Gasteiger partial charge in [0.05, 0.1) is 0 Å². The summed E-state index contributed by atoms with van der Waals surface area (Å²) in [5.74, 6) is 1.21. The summed E-state index contributed by atoms with van der Waals surface area (Å²) in [4.78, 5) is 2.54. The number of benzene rings is 1. The van der Waals surface area contributed by atoms with E-state index in [9.17, 15) is 10.5 Å². The molecule has 1 aliphatic heterocycles. The molecule has 0 N–H and O–H groups in total. The molecule has 3 nitrogen and oxygen atoms in total. The molecule has 144 valence electrons. The van der Waals surface area contributed by atoms with Crippen LogP contribution in [-0.4, -0.2) is 13.1 Å². The molecular formula is C25H29N3. The predicted molar refractivity (Wildman–Crippen MR) is 113 cm³/mol. The Balaban J connectivity index is 1.49. The lowest BCUT2D eigenvalue weighted by atomic mass is 9.70. The Hall–Kier alpha value is -2.52. The van der Waals surface area contributed by atoms with E-state index in [-0.39, 0.29) is 0 Å². The molecule has 1 heterocycles. The second-order valence-corrected chi connectivity index (χ2v) is 8.55. The Kier molecular flexibility index (Phi) is 5.82. The second kappa shape index (κ2) is 8.66. The largest absolute Gasteiger partial charge is 0.372 e. The lowest BCUT2D eigenvalue weighted by molar-refractivity contribution is 0.386. The van der Waals surface area contributed by atoms with Crippen LogP contribution < -0.4 is 4.90 Å². The van der Waals surface area contributed by atoms with Gasteiger partial charge in [-0.25, -0.2) is 0 Å². The molecule has 2 atom stereocenters. The third-order valence-corrected chi connectivity index (χ3v) is 6.87. The predicted octanol–water partition coefficient (Wildman–Crippen LogP) is 6.01. The maximum atomic E-state index is 9.19. The summed E-state index contributed by atoms with van der Waals surface area (Å²) in [5.41, 5.74) is 5.52. The van der Waals surface area contributed by atoms with Gasteiger partial charge in [0.1, 0.15) is 17.7 Å². The smallest absolute Gasteiger partial charge is 0.132 e. The summed E-state index contributed by atoms with van der Waals surface area (Å²) in [6, 6.07) is 13.4. The van der Waals surface area contributed by atoms with Gasteiger partial charge in [0.2, 0.25) is 0 Å². The first-order chi connectivity index (χ1) is 13.8. The average Bonchev–Trinajstić information content (AvgIpc) is 3.04. The lowest BCUT2D eigenvalue weighted by Crippen LogP contribution is -2.24. The van der Waals surface area contributed by atoms with Crippen molar-refractivity contribution in [3.63, 3.8) is 0 Å². The third kappa shape index (κ3) is 4.00. The Morgan fingerprint density at radius 1 is 0.857 bits per heavy atom. The van der Waals surface area contributed by atoms with Crippen molar-refractivity contribution in [3.8, 4) is 12.1 Å². The van der Waals surface area contributed by atoms with Crippen LogP contribution in [0.15, 0.2) is 47.1 Å². The van der Waals surface area contributed by atoms with Gasteiger partial charge in [0, 0.05) is 18.8 Å². The molecule has 28 heavy (non-hydrogen) atoms. The number of rotatable bonds is 2. The highest BCUT2D eigenvalue weighted by Crippen LogP contribution is 2.45. The van der Waals surface area contributed by atoms with E-state index in [1.807, 2.05) is 0 Å². The van der Waals surface area contributed by atoms with Gasteiger partial charge in [-0.2, -0.15) is 10.5 Å². The van der Waals surface area contributed by atoms with Crippen LogP contribution >= 0.6 is 0 Å². The first kappa shape index (κ1) is 18.8. The second-order valence-electron chi connectivity index (χ2n) is 8.55. The van der Waals surface area contributed by atoms with Crippen molar-refractivity contribution in [1.82, 2.24) is 0 Å². The van der Waals surface area contributed by atoms with Gasteiger partial charge in [0.25, 0.3) is 0 Å². The van der Waals surface area contributed by atoms with Crippen LogP contribution in [0.25, 0.3) is 0 Å². The van der Waals surface area contributed by atoms with E-state index in [2.05, 4.69) is 47.4 Å². The molecule has 1 saturated carbocycles. The quantitative estimate of drug-likeness (QED) is 0.598. The standard InChI is InChI=1S/C25H29N3/c26-17-24(18-27)22-8-6-20-5-7-21(15-23(20)16-22)19-9-11-25(12-10-19)28-13-3-1-2-4-14-28/h9-12,16,20-21H,1-8,13-15H2. The molecule has 1 aromatic carbocycles. The van der Waals surface area contributed by atoms with Gasteiger partial charge in [-0.1, -0.05) is 36.6 Å². The molecule has 0 radical (unpaired) electrons. The Morgan fingerprint density at radius 2 is 1.54 bits per heavy atom. The van der Waals surface area contributed by atoms with Gasteiger partial charge in [-0.15, -0.1) is 0 Å². The summed E-state index contributed by atoms with van der Waals surface area (Å²) >= 11 is 0. The molecule has 0 amide bonds. The normalized spacial score (nSPS) is 25.0. The Labute approximate surface area is 169 Å². The Bertz CT molecular complexity index is 823. The number of hydrogen-bond acceptors (Lipinski definition) is 3. The maximum absolute atomic E-state index is 9.19. The van der Waals surface area contributed by atoms with E-state index in [1.165, 1.54) is 68.4 Å². The Morgan fingerprint density at radius 3 is 2.21 bits per heavy atom. The van der Waals surface area contributed by atoms with Crippen LogP contribution in [0.1, 0.15) is 69.3 Å². The number of fused-ring (bicyclic) bond motifs is 1. The van der Waals surface area contributed by atoms with Crippen LogP contribution in [0, 0.1) is 28.6 Å².